The smallest absolute Gasteiger partial charge is 0.407 e. The van der Waals surface area contributed by atoms with Crippen LogP contribution in [0.4, 0.5) is 10.6 Å². The first-order valence-electron chi connectivity index (χ1n) is 11.0. The quantitative estimate of drug-likeness (QED) is 0.633. The minimum absolute atomic E-state index is 0.144. The zero-order chi connectivity index (χ0) is 23.6. The van der Waals surface area contributed by atoms with Gasteiger partial charge in [0.1, 0.15) is 34.1 Å². The Morgan fingerprint density at radius 1 is 1.33 bits per heavy atom. The minimum Gasteiger partial charge on any atom is -0.444 e. The average Bonchev–Trinajstić information content (AvgIpc) is 3.07. The molecule has 172 valence electrons. The number of nitriles is 1. The maximum absolute atomic E-state index is 12.8. The number of H-pyrrole nitrogens is 1. The fraction of sp³-hybridized carbons (Fsp3) is 0.417. The fourth-order valence-electron chi connectivity index (χ4n) is 4.29. The molecule has 9 heteroatoms. The number of anilines is 1. The lowest BCUT2D eigenvalue weighted by Crippen LogP contribution is -2.49. The monoisotopic (exact) mass is 448 g/mol. The third-order valence-corrected chi connectivity index (χ3v) is 5.55. The molecule has 1 unspecified atom stereocenters. The first-order valence-corrected chi connectivity index (χ1v) is 11.0. The highest BCUT2D eigenvalue weighted by atomic mass is 16.6. The molecule has 4 rings (SSSR count). The first-order chi connectivity index (χ1) is 15.8. The summed E-state index contributed by atoms with van der Waals surface area (Å²) in [4.78, 5) is 34.1. The van der Waals surface area contributed by atoms with Gasteiger partial charge in [-0.1, -0.05) is 30.3 Å². The predicted molar refractivity (Wildman–Crippen MR) is 125 cm³/mol. The molecule has 1 aromatic carbocycles. The van der Waals surface area contributed by atoms with Gasteiger partial charge in [0, 0.05) is 25.7 Å². The number of amides is 1. The second-order valence-electron chi connectivity index (χ2n) is 9.24. The SMILES string of the molecule is CC(C)(C)OC(=O)NC1CCCN(c2c(C#N)c3nc[nH]c(=O)c3n2Cc2ccccc2)C1. The summed E-state index contributed by atoms with van der Waals surface area (Å²) in [5.41, 5.74) is 1.25. The summed E-state index contributed by atoms with van der Waals surface area (Å²) in [5.74, 6) is 0.649. The van der Waals surface area contributed by atoms with Crippen LogP contribution in [0.3, 0.4) is 0 Å². The van der Waals surface area contributed by atoms with Gasteiger partial charge in [-0.05, 0) is 39.2 Å². The Kier molecular flexibility index (Phi) is 6.09. The van der Waals surface area contributed by atoms with Crippen molar-refractivity contribution in [2.24, 2.45) is 0 Å². The Bertz CT molecular complexity index is 1250. The van der Waals surface area contributed by atoms with E-state index in [4.69, 9.17) is 4.74 Å². The van der Waals surface area contributed by atoms with Crippen LogP contribution in [0.1, 0.15) is 44.7 Å². The number of aromatic amines is 1. The number of carbonyl (C=O) groups excluding carboxylic acids is 1. The number of carbonyl (C=O) groups is 1. The van der Waals surface area contributed by atoms with E-state index in [2.05, 4.69) is 26.3 Å². The molecule has 0 aliphatic carbocycles. The Morgan fingerprint density at radius 3 is 2.79 bits per heavy atom. The fourth-order valence-corrected chi connectivity index (χ4v) is 4.29. The van der Waals surface area contributed by atoms with Crippen LogP contribution in [-0.2, 0) is 11.3 Å². The number of ether oxygens (including phenoxy) is 1. The van der Waals surface area contributed by atoms with Gasteiger partial charge < -0.3 is 24.5 Å². The van der Waals surface area contributed by atoms with Crippen molar-refractivity contribution in [1.82, 2.24) is 19.9 Å². The number of aromatic nitrogens is 3. The van der Waals surface area contributed by atoms with E-state index in [9.17, 15) is 14.9 Å². The maximum Gasteiger partial charge on any atom is 0.407 e. The van der Waals surface area contributed by atoms with Crippen molar-refractivity contribution >= 4 is 22.9 Å². The van der Waals surface area contributed by atoms with Crippen molar-refractivity contribution < 1.29 is 9.53 Å². The number of nitrogens with one attached hydrogen (secondary N) is 2. The van der Waals surface area contributed by atoms with Crippen molar-refractivity contribution in [3.8, 4) is 6.07 Å². The third-order valence-electron chi connectivity index (χ3n) is 5.55. The summed E-state index contributed by atoms with van der Waals surface area (Å²) < 4.78 is 7.28. The zero-order valence-corrected chi connectivity index (χ0v) is 19.1. The van der Waals surface area contributed by atoms with Crippen molar-refractivity contribution in [1.29, 1.82) is 5.26 Å². The Balaban J connectivity index is 1.72. The van der Waals surface area contributed by atoms with E-state index in [-0.39, 0.29) is 11.6 Å². The van der Waals surface area contributed by atoms with Crippen LogP contribution in [0.15, 0.2) is 41.5 Å². The Hall–Kier alpha value is -3.80. The van der Waals surface area contributed by atoms with Gasteiger partial charge in [-0.25, -0.2) is 9.78 Å². The zero-order valence-electron chi connectivity index (χ0n) is 19.1. The number of hydrogen-bond donors (Lipinski definition) is 2. The molecule has 0 radical (unpaired) electrons. The second-order valence-corrected chi connectivity index (χ2v) is 9.24. The lowest BCUT2D eigenvalue weighted by molar-refractivity contribution is 0.0500. The lowest BCUT2D eigenvalue weighted by Gasteiger charge is -2.35. The van der Waals surface area contributed by atoms with Gasteiger partial charge in [-0.15, -0.1) is 0 Å². The summed E-state index contributed by atoms with van der Waals surface area (Å²) in [5, 5.41) is 13.0. The van der Waals surface area contributed by atoms with E-state index in [0.717, 1.165) is 18.4 Å². The van der Waals surface area contributed by atoms with Gasteiger partial charge >= 0.3 is 6.09 Å². The van der Waals surface area contributed by atoms with Gasteiger partial charge in [-0.2, -0.15) is 5.26 Å². The van der Waals surface area contributed by atoms with Crippen LogP contribution in [-0.4, -0.2) is 45.4 Å². The van der Waals surface area contributed by atoms with E-state index < -0.39 is 11.7 Å². The molecule has 1 amide bonds. The van der Waals surface area contributed by atoms with E-state index in [1.54, 1.807) is 0 Å². The molecule has 0 spiro atoms. The molecule has 3 aromatic rings. The van der Waals surface area contributed by atoms with Gasteiger partial charge in [0.2, 0.25) is 0 Å². The predicted octanol–water partition coefficient (Wildman–Crippen LogP) is 3.14. The van der Waals surface area contributed by atoms with E-state index in [1.807, 2.05) is 55.7 Å². The van der Waals surface area contributed by atoms with Gasteiger partial charge in [0.05, 0.1) is 6.33 Å². The van der Waals surface area contributed by atoms with Crippen LogP contribution >= 0.6 is 0 Å². The van der Waals surface area contributed by atoms with Crippen LogP contribution in [0.5, 0.6) is 0 Å². The van der Waals surface area contributed by atoms with Gasteiger partial charge in [-0.3, -0.25) is 4.79 Å². The largest absolute Gasteiger partial charge is 0.444 e. The molecule has 33 heavy (non-hydrogen) atoms. The Labute approximate surface area is 192 Å². The van der Waals surface area contributed by atoms with Crippen molar-refractivity contribution in [3.05, 3.63) is 58.1 Å². The number of alkyl carbamates (subject to hydrolysis) is 1. The minimum atomic E-state index is -0.582. The third kappa shape index (κ3) is 4.85. The van der Waals surface area contributed by atoms with E-state index in [0.29, 0.717) is 42.0 Å². The van der Waals surface area contributed by atoms with Crippen LogP contribution in [0.2, 0.25) is 0 Å². The maximum atomic E-state index is 12.8. The van der Waals surface area contributed by atoms with Crippen LogP contribution in [0, 0.1) is 11.3 Å². The summed E-state index contributed by atoms with van der Waals surface area (Å²) in [6.07, 6.45) is 2.49. The van der Waals surface area contributed by atoms with Crippen LogP contribution in [0.25, 0.3) is 11.0 Å². The number of benzene rings is 1. The highest BCUT2D eigenvalue weighted by Crippen LogP contribution is 2.32. The van der Waals surface area contributed by atoms with Crippen molar-refractivity contribution in [2.75, 3.05) is 18.0 Å². The average molecular weight is 449 g/mol. The molecular formula is C24H28N6O3. The lowest BCUT2D eigenvalue weighted by atomic mass is 10.1. The number of nitrogens with zero attached hydrogens (tertiary/aromatic N) is 4. The molecule has 9 nitrogen and oxygen atoms in total. The highest BCUT2D eigenvalue weighted by molar-refractivity contribution is 5.89. The van der Waals surface area contributed by atoms with Crippen LogP contribution < -0.4 is 15.8 Å². The molecule has 1 aliphatic heterocycles. The van der Waals surface area contributed by atoms with E-state index in [1.165, 1.54) is 6.33 Å². The highest BCUT2D eigenvalue weighted by Gasteiger charge is 2.30. The molecule has 1 saturated heterocycles. The molecule has 1 atom stereocenters. The molecule has 1 aliphatic rings. The van der Waals surface area contributed by atoms with Crippen molar-refractivity contribution in [2.45, 2.75) is 51.8 Å². The first kappa shape index (κ1) is 22.4. The molecule has 2 aromatic heterocycles. The molecule has 2 N–H and O–H groups in total. The molecule has 3 heterocycles. The summed E-state index contributed by atoms with van der Waals surface area (Å²) in [6.45, 7) is 7.09. The normalized spacial score (nSPS) is 16.4. The standard InChI is InChI=1S/C24H28N6O3/c1-24(2,3)33-23(32)28-17-10-7-11-29(14-17)22-18(12-25)19-20(21(31)27-15-26-19)30(22)13-16-8-5-4-6-9-16/h4-6,8-9,15,17H,7,10-11,13-14H2,1-3H3,(H,28,32)(H,26,27,31). The second kappa shape index (κ2) is 8.98. The molecule has 0 saturated carbocycles. The van der Waals surface area contributed by atoms with Crippen molar-refractivity contribution in [3.63, 3.8) is 0 Å². The molecular weight excluding hydrogens is 420 g/mol. The topological polar surface area (TPSA) is 116 Å². The van der Waals surface area contributed by atoms with Gasteiger partial charge in [0.15, 0.2) is 0 Å². The number of rotatable bonds is 4. The van der Waals surface area contributed by atoms with E-state index >= 15 is 0 Å². The number of hydrogen-bond acceptors (Lipinski definition) is 6. The molecule has 1 fully saturated rings. The summed E-state index contributed by atoms with van der Waals surface area (Å²) >= 11 is 0. The summed E-state index contributed by atoms with van der Waals surface area (Å²) in [7, 11) is 0. The summed E-state index contributed by atoms with van der Waals surface area (Å²) in [6, 6.07) is 11.9. The Morgan fingerprint density at radius 2 is 2.09 bits per heavy atom. The number of fused-ring (bicyclic) bond motifs is 1. The number of piperidine rings is 1. The molecule has 0 bridgehead atoms. The van der Waals surface area contributed by atoms with Gasteiger partial charge in [0.25, 0.3) is 5.56 Å².